The SMILES string of the molecule is CC1(C)[C@@H](NC(=O)Nc2nnc(C3CCOCC3)s2)[C@@H]1c1ccccc1. The largest absolute Gasteiger partial charge is 0.381 e. The Morgan fingerprint density at radius 2 is 1.92 bits per heavy atom. The van der Waals surface area contributed by atoms with E-state index in [0.29, 0.717) is 17.0 Å². The molecule has 138 valence electrons. The van der Waals surface area contributed by atoms with E-state index in [9.17, 15) is 4.79 Å². The Kier molecular flexibility index (Phi) is 4.67. The summed E-state index contributed by atoms with van der Waals surface area (Å²) in [6.45, 7) is 5.91. The minimum Gasteiger partial charge on any atom is -0.381 e. The van der Waals surface area contributed by atoms with Crippen molar-refractivity contribution in [3.05, 3.63) is 40.9 Å². The number of carbonyl (C=O) groups excluding carboxylic acids is 1. The zero-order chi connectivity index (χ0) is 18.1. The van der Waals surface area contributed by atoms with Crippen LogP contribution in [0.2, 0.25) is 0 Å². The number of nitrogens with zero attached hydrogens (tertiary/aromatic N) is 2. The lowest BCUT2D eigenvalue weighted by Gasteiger charge is -2.18. The van der Waals surface area contributed by atoms with Crippen LogP contribution in [0.1, 0.15) is 49.1 Å². The molecule has 1 aliphatic carbocycles. The molecule has 1 aromatic carbocycles. The van der Waals surface area contributed by atoms with E-state index in [2.05, 4.69) is 46.8 Å². The Bertz CT molecular complexity index is 771. The number of hydrogen-bond acceptors (Lipinski definition) is 5. The first-order valence-electron chi connectivity index (χ1n) is 9.09. The van der Waals surface area contributed by atoms with Gasteiger partial charge in [0, 0.05) is 31.1 Å². The average molecular weight is 372 g/mol. The molecule has 0 unspecified atom stereocenters. The summed E-state index contributed by atoms with van der Waals surface area (Å²) in [5.74, 6) is 0.728. The van der Waals surface area contributed by atoms with Crippen molar-refractivity contribution in [3.8, 4) is 0 Å². The van der Waals surface area contributed by atoms with Crippen LogP contribution in [0.3, 0.4) is 0 Å². The van der Waals surface area contributed by atoms with Crippen LogP contribution >= 0.6 is 11.3 Å². The van der Waals surface area contributed by atoms with Crippen molar-refractivity contribution in [1.29, 1.82) is 0 Å². The second-order valence-electron chi connectivity index (χ2n) is 7.62. The quantitative estimate of drug-likeness (QED) is 0.857. The normalized spacial score (nSPS) is 24.8. The number of rotatable bonds is 4. The van der Waals surface area contributed by atoms with Gasteiger partial charge in [-0.2, -0.15) is 0 Å². The first kappa shape index (κ1) is 17.4. The van der Waals surface area contributed by atoms with E-state index >= 15 is 0 Å². The van der Waals surface area contributed by atoms with Gasteiger partial charge in [0.15, 0.2) is 0 Å². The molecule has 4 rings (SSSR count). The number of amides is 2. The first-order chi connectivity index (χ1) is 12.6. The highest BCUT2D eigenvalue weighted by molar-refractivity contribution is 7.15. The minimum atomic E-state index is -0.212. The predicted octanol–water partition coefficient (Wildman–Crippen LogP) is 3.75. The molecule has 2 heterocycles. The maximum Gasteiger partial charge on any atom is 0.321 e. The molecular weight excluding hydrogens is 348 g/mol. The molecule has 7 heteroatoms. The van der Waals surface area contributed by atoms with Crippen molar-refractivity contribution >= 4 is 22.5 Å². The molecule has 2 amide bonds. The molecule has 1 aliphatic heterocycles. The van der Waals surface area contributed by atoms with Crippen molar-refractivity contribution in [2.24, 2.45) is 5.41 Å². The standard InChI is InChI=1S/C19H24N4O2S/c1-19(2)14(12-6-4-3-5-7-12)15(19)20-17(24)21-18-23-22-16(26-18)13-8-10-25-11-9-13/h3-7,13-15H,8-11H2,1-2H3,(H2,20,21,23,24)/t14-,15-/m0/s1. The molecular formula is C19H24N4O2S. The van der Waals surface area contributed by atoms with Crippen LogP contribution in [-0.4, -0.2) is 35.5 Å². The summed E-state index contributed by atoms with van der Waals surface area (Å²) in [6.07, 6.45) is 1.94. The highest BCUT2D eigenvalue weighted by Gasteiger charge is 2.59. The van der Waals surface area contributed by atoms with E-state index in [4.69, 9.17) is 4.74 Å². The Hall–Kier alpha value is -1.99. The van der Waals surface area contributed by atoms with E-state index in [-0.39, 0.29) is 17.5 Å². The Labute approximate surface area is 157 Å². The Balaban J connectivity index is 1.35. The molecule has 0 radical (unpaired) electrons. The minimum absolute atomic E-state index is 0.0487. The highest BCUT2D eigenvalue weighted by Crippen LogP contribution is 2.58. The van der Waals surface area contributed by atoms with Gasteiger partial charge in [-0.15, -0.1) is 10.2 Å². The number of aromatic nitrogens is 2. The first-order valence-corrected chi connectivity index (χ1v) is 9.91. The van der Waals surface area contributed by atoms with E-state index in [0.717, 1.165) is 31.1 Å². The molecule has 1 saturated carbocycles. The average Bonchev–Trinajstić information content (AvgIpc) is 2.97. The Morgan fingerprint density at radius 3 is 2.65 bits per heavy atom. The van der Waals surface area contributed by atoms with Crippen LogP contribution in [0, 0.1) is 5.41 Å². The van der Waals surface area contributed by atoms with Gasteiger partial charge in [-0.25, -0.2) is 4.79 Å². The van der Waals surface area contributed by atoms with Gasteiger partial charge in [-0.05, 0) is 23.8 Å². The fourth-order valence-electron chi connectivity index (χ4n) is 3.86. The number of carbonyl (C=O) groups is 1. The fourth-order valence-corrected chi connectivity index (χ4v) is 4.77. The number of benzene rings is 1. The molecule has 26 heavy (non-hydrogen) atoms. The zero-order valence-electron chi connectivity index (χ0n) is 15.1. The summed E-state index contributed by atoms with van der Waals surface area (Å²) in [7, 11) is 0. The maximum absolute atomic E-state index is 12.4. The molecule has 6 nitrogen and oxygen atoms in total. The van der Waals surface area contributed by atoms with E-state index < -0.39 is 0 Å². The summed E-state index contributed by atoms with van der Waals surface area (Å²) >= 11 is 1.46. The molecule has 2 atom stereocenters. The molecule has 2 N–H and O–H groups in total. The zero-order valence-corrected chi connectivity index (χ0v) is 15.9. The number of urea groups is 1. The van der Waals surface area contributed by atoms with Crippen LogP contribution in [0.25, 0.3) is 0 Å². The topological polar surface area (TPSA) is 76.1 Å². The maximum atomic E-state index is 12.4. The third-order valence-corrected chi connectivity index (χ3v) is 6.51. The third-order valence-electron chi connectivity index (χ3n) is 5.50. The smallest absolute Gasteiger partial charge is 0.321 e. The summed E-state index contributed by atoms with van der Waals surface area (Å²) in [4.78, 5) is 12.4. The summed E-state index contributed by atoms with van der Waals surface area (Å²) in [6, 6.07) is 10.2. The van der Waals surface area contributed by atoms with E-state index in [1.54, 1.807) is 0 Å². The third kappa shape index (κ3) is 3.46. The molecule has 0 spiro atoms. The van der Waals surface area contributed by atoms with Crippen LogP contribution in [-0.2, 0) is 4.74 Å². The molecule has 2 fully saturated rings. The lowest BCUT2D eigenvalue weighted by atomic mass is 10.0. The summed E-state index contributed by atoms with van der Waals surface area (Å²) in [5, 5.41) is 15.9. The fraction of sp³-hybridized carbons (Fsp3) is 0.526. The van der Waals surface area contributed by atoms with Crippen molar-refractivity contribution in [3.63, 3.8) is 0 Å². The molecule has 1 saturated heterocycles. The summed E-state index contributed by atoms with van der Waals surface area (Å²) < 4.78 is 5.39. The summed E-state index contributed by atoms with van der Waals surface area (Å²) in [5.41, 5.74) is 1.31. The Morgan fingerprint density at radius 1 is 1.19 bits per heavy atom. The predicted molar refractivity (Wildman–Crippen MR) is 102 cm³/mol. The van der Waals surface area contributed by atoms with Gasteiger partial charge in [0.25, 0.3) is 0 Å². The van der Waals surface area contributed by atoms with Crippen molar-refractivity contribution in [2.45, 2.75) is 44.6 Å². The van der Waals surface area contributed by atoms with Crippen LogP contribution in [0.5, 0.6) is 0 Å². The van der Waals surface area contributed by atoms with Gasteiger partial charge in [0.2, 0.25) is 5.13 Å². The number of ether oxygens (including phenoxy) is 1. The second kappa shape index (κ2) is 6.96. The second-order valence-corrected chi connectivity index (χ2v) is 8.63. The van der Waals surface area contributed by atoms with Gasteiger partial charge in [0.05, 0.1) is 0 Å². The van der Waals surface area contributed by atoms with Crippen LogP contribution in [0.4, 0.5) is 9.93 Å². The molecule has 2 aromatic rings. The van der Waals surface area contributed by atoms with Gasteiger partial charge in [0.1, 0.15) is 5.01 Å². The lowest BCUT2D eigenvalue weighted by molar-refractivity contribution is 0.0851. The number of anilines is 1. The van der Waals surface area contributed by atoms with Crippen molar-refractivity contribution in [1.82, 2.24) is 15.5 Å². The van der Waals surface area contributed by atoms with Gasteiger partial charge in [-0.3, -0.25) is 5.32 Å². The van der Waals surface area contributed by atoms with Crippen LogP contribution < -0.4 is 10.6 Å². The monoisotopic (exact) mass is 372 g/mol. The van der Waals surface area contributed by atoms with Gasteiger partial charge in [-0.1, -0.05) is 55.5 Å². The molecule has 1 aromatic heterocycles. The molecule has 2 aliphatic rings. The molecule has 0 bridgehead atoms. The number of hydrogen-bond donors (Lipinski definition) is 2. The van der Waals surface area contributed by atoms with Gasteiger partial charge < -0.3 is 10.1 Å². The highest BCUT2D eigenvalue weighted by atomic mass is 32.1. The number of nitrogens with one attached hydrogen (secondary N) is 2. The van der Waals surface area contributed by atoms with Crippen LogP contribution in [0.15, 0.2) is 30.3 Å². The van der Waals surface area contributed by atoms with Crippen molar-refractivity contribution < 1.29 is 9.53 Å². The van der Waals surface area contributed by atoms with Gasteiger partial charge >= 0.3 is 6.03 Å². The van der Waals surface area contributed by atoms with Crippen molar-refractivity contribution in [2.75, 3.05) is 18.5 Å². The van der Waals surface area contributed by atoms with E-state index in [1.165, 1.54) is 16.9 Å². The van der Waals surface area contributed by atoms with E-state index in [1.807, 2.05) is 18.2 Å². The lowest BCUT2D eigenvalue weighted by Crippen LogP contribution is -2.33.